The van der Waals surface area contributed by atoms with E-state index in [1.54, 1.807) is 38.1 Å². The van der Waals surface area contributed by atoms with Gasteiger partial charge < -0.3 is 0 Å². The molecule has 0 bridgehead atoms. The van der Waals surface area contributed by atoms with E-state index in [0.29, 0.717) is 10.0 Å². The molecule has 0 aliphatic carbocycles. The van der Waals surface area contributed by atoms with Crippen LogP contribution in [-0.2, 0) is 9.59 Å². The van der Waals surface area contributed by atoms with Gasteiger partial charge >= 0.3 is 0 Å². The van der Waals surface area contributed by atoms with Gasteiger partial charge in [-0.15, -0.1) is 0 Å². The third-order valence-electron chi connectivity index (χ3n) is 5.20. The summed E-state index contributed by atoms with van der Waals surface area (Å²) in [4.78, 5) is 53.0. The molecule has 1 saturated heterocycles. The largest absolute Gasteiger partial charge is 0.281 e. The Bertz CT molecular complexity index is 940. The number of hydrazine groups is 1. The summed E-state index contributed by atoms with van der Waals surface area (Å²) in [5, 5.41) is 1.41. The van der Waals surface area contributed by atoms with E-state index >= 15 is 0 Å². The van der Waals surface area contributed by atoms with E-state index in [4.69, 9.17) is 23.2 Å². The van der Waals surface area contributed by atoms with E-state index in [1.165, 1.54) is 24.3 Å². The molecule has 0 N–H and O–H groups in total. The van der Waals surface area contributed by atoms with Gasteiger partial charge in [-0.25, -0.2) is 0 Å². The summed E-state index contributed by atoms with van der Waals surface area (Å²) in [7, 11) is 0. The van der Waals surface area contributed by atoms with Crippen LogP contribution in [0.15, 0.2) is 48.5 Å². The van der Waals surface area contributed by atoms with Gasteiger partial charge in [-0.3, -0.25) is 19.2 Å². The summed E-state index contributed by atoms with van der Waals surface area (Å²) in [6, 6.07) is 12.3. The Kier molecular flexibility index (Phi) is 5.78. The topological polar surface area (TPSA) is 74.8 Å². The summed E-state index contributed by atoms with van der Waals surface area (Å²) < 4.78 is 0. The van der Waals surface area contributed by atoms with Gasteiger partial charge in [0.05, 0.1) is 21.2 Å². The quantitative estimate of drug-likeness (QED) is 0.530. The molecule has 0 unspecified atom stereocenters. The van der Waals surface area contributed by atoms with Crippen LogP contribution in [0, 0.1) is 5.41 Å². The van der Waals surface area contributed by atoms with Gasteiger partial charge in [-0.05, 0) is 37.1 Å². The zero-order valence-corrected chi connectivity index (χ0v) is 17.3. The second-order valence-electron chi connectivity index (χ2n) is 6.59. The Morgan fingerprint density at radius 3 is 1.41 bits per heavy atom. The lowest BCUT2D eigenvalue weighted by Gasteiger charge is -2.24. The molecule has 0 radical (unpaired) electrons. The molecule has 0 atom stereocenters. The van der Waals surface area contributed by atoms with E-state index in [2.05, 4.69) is 0 Å². The zero-order chi connectivity index (χ0) is 21.3. The summed E-state index contributed by atoms with van der Waals surface area (Å²) in [5.41, 5.74) is -1.49. The Morgan fingerprint density at radius 2 is 1.10 bits per heavy atom. The minimum absolute atomic E-state index is 0.00952. The zero-order valence-electron chi connectivity index (χ0n) is 15.8. The maximum atomic E-state index is 13.3. The number of halogens is 2. The van der Waals surface area contributed by atoms with Crippen molar-refractivity contribution in [1.82, 2.24) is 10.0 Å². The fourth-order valence-electron chi connectivity index (χ4n) is 3.40. The highest BCUT2D eigenvalue weighted by Crippen LogP contribution is 2.40. The Labute approximate surface area is 178 Å². The number of benzene rings is 2. The standard InChI is InChI=1S/C21H18Cl2N2O4/c1-3-21(4-2)19(28)24(17(26)13-9-5-7-11-15(13)22)25(20(21)29)18(27)14-10-6-8-12-16(14)23/h5-12H,3-4H2,1-2H3. The summed E-state index contributed by atoms with van der Waals surface area (Å²) in [6.45, 7) is 3.34. The molecule has 29 heavy (non-hydrogen) atoms. The lowest BCUT2D eigenvalue weighted by Crippen LogP contribution is -2.48. The molecule has 0 aromatic heterocycles. The van der Waals surface area contributed by atoms with E-state index in [1.807, 2.05) is 0 Å². The van der Waals surface area contributed by atoms with Crippen molar-refractivity contribution in [3.05, 3.63) is 69.7 Å². The number of hydrogen-bond donors (Lipinski definition) is 0. The third kappa shape index (κ3) is 3.22. The first-order valence-corrected chi connectivity index (χ1v) is 9.82. The minimum Gasteiger partial charge on any atom is -0.271 e. The Morgan fingerprint density at radius 1 is 0.759 bits per heavy atom. The average Bonchev–Trinajstić information content (AvgIpc) is 2.94. The molecule has 8 heteroatoms. The predicted molar refractivity (Wildman–Crippen MR) is 108 cm³/mol. The van der Waals surface area contributed by atoms with Crippen LogP contribution in [-0.4, -0.2) is 33.6 Å². The second-order valence-corrected chi connectivity index (χ2v) is 7.41. The first-order chi connectivity index (χ1) is 13.8. The maximum Gasteiger partial charge on any atom is 0.281 e. The molecule has 4 amide bonds. The van der Waals surface area contributed by atoms with Gasteiger partial charge in [0, 0.05) is 0 Å². The van der Waals surface area contributed by atoms with Crippen LogP contribution in [0.3, 0.4) is 0 Å². The lowest BCUT2D eigenvalue weighted by atomic mass is 9.81. The van der Waals surface area contributed by atoms with E-state index in [0.717, 1.165) is 0 Å². The lowest BCUT2D eigenvalue weighted by molar-refractivity contribution is -0.138. The molecule has 150 valence electrons. The van der Waals surface area contributed by atoms with E-state index in [-0.39, 0.29) is 34.0 Å². The molecule has 0 saturated carbocycles. The molecule has 0 spiro atoms. The van der Waals surface area contributed by atoms with Gasteiger partial charge in [0.15, 0.2) is 0 Å². The van der Waals surface area contributed by atoms with Crippen molar-refractivity contribution >= 4 is 46.8 Å². The third-order valence-corrected chi connectivity index (χ3v) is 5.86. The van der Waals surface area contributed by atoms with E-state index in [9.17, 15) is 19.2 Å². The van der Waals surface area contributed by atoms with Crippen molar-refractivity contribution in [2.45, 2.75) is 26.7 Å². The van der Waals surface area contributed by atoms with Crippen LogP contribution < -0.4 is 0 Å². The van der Waals surface area contributed by atoms with Crippen molar-refractivity contribution < 1.29 is 19.2 Å². The molecule has 6 nitrogen and oxygen atoms in total. The Balaban J connectivity index is 2.17. The van der Waals surface area contributed by atoms with Crippen molar-refractivity contribution in [1.29, 1.82) is 0 Å². The van der Waals surface area contributed by atoms with Crippen LogP contribution in [0.1, 0.15) is 47.4 Å². The number of amides is 4. The van der Waals surface area contributed by atoms with Crippen LogP contribution in [0.4, 0.5) is 0 Å². The first-order valence-electron chi connectivity index (χ1n) is 9.06. The fourth-order valence-corrected chi connectivity index (χ4v) is 3.83. The van der Waals surface area contributed by atoms with Crippen molar-refractivity contribution in [3.8, 4) is 0 Å². The first kappa shape index (κ1) is 21.0. The minimum atomic E-state index is -1.51. The average molecular weight is 433 g/mol. The highest BCUT2D eigenvalue weighted by atomic mass is 35.5. The monoisotopic (exact) mass is 432 g/mol. The van der Waals surface area contributed by atoms with Crippen LogP contribution in [0.25, 0.3) is 0 Å². The highest BCUT2D eigenvalue weighted by molar-refractivity contribution is 6.36. The predicted octanol–water partition coefficient (Wildman–Crippen LogP) is 4.37. The molecule has 1 heterocycles. The molecule has 2 aromatic carbocycles. The molecule has 1 aliphatic heterocycles. The molecular formula is C21H18Cl2N2O4. The van der Waals surface area contributed by atoms with Crippen molar-refractivity contribution in [2.75, 3.05) is 0 Å². The molecule has 2 aromatic rings. The molecule has 3 rings (SSSR count). The van der Waals surface area contributed by atoms with Crippen LogP contribution >= 0.6 is 23.2 Å². The van der Waals surface area contributed by atoms with Crippen molar-refractivity contribution in [2.24, 2.45) is 5.41 Å². The number of carbonyl (C=O) groups is 4. The fraction of sp³-hybridized carbons (Fsp3) is 0.238. The number of hydrogen-bond acceptors (Lipinski definition) is 4. The molecule has 1 aliphatic rings. The Hall–Kier alpha value is -2.70. The van der Waals surface area contributed by atoms with Crippen molar-refractivity contribution in [3.63, 3.8) is 0 Å². The van der Waals surface area contributed by atoms with Gasteiger partial charge in [0.2, 0.25) is 0 Å². The molecular weight excluding hydrogens is 415 g/mol. The van der Waals surface area contributed by atoms with Gasteiger partial charge in [-0.2, -0.15) is 10.0 Å². The van der Waals surface area contributed by atoms with Gasteiger partial charge in [0.25, 0.3) is 23.6 Å². The number of nitrogens with zero attached hydrogens (tertiary/aromatic N) is 2. The highest BCUT2D eigenvalue weighted by Gasteiger charge is 2.60. The van der Waals surface area contributed by atoms with Gasteiger partial charge in [-0.1, -0.05) is 61.3 Å². The SMILES string of the molecule is CCC1(CC)C(=O)N(C(=O)c2ccccc2Cl)N(C(=O)c2ccccc2Cl)C1=O. The smallest absolute Gasteiger partial charge is 0.271 e. The molecule has 1 fully saturated rings. The number of rotatable bonds is 4. The number of imide groups is 2. The maximum absolute atomic E-state index is 13.3. The second kappa shape index (κ2) is 7.97. The van der Waals surface area contributed by atoms with Crippen LogP contribution in [0.5, 0.6) is 0 Å². The normalized spacial score (nSPS) is 15.7. The summed E-state index contributed by atoms with van der Waals surface area (Å²) in [5.74, 6) is -3.20. The van der Waals surface area contributed by atoms with Crippen LogP contribution in [0.2, 0.25) is 10.0 Å². The summed E-state index contributed by atoms with van der Waals surface area (Å²) >= 11 is 12.2. The van der Waals surface area contributed by atoms with Gasteiger partial charge in [0.1, 0.15) is 5.41 Å². The number of carbonyl (C=O) groups excluding carboxylic acids is 4. The van der Waals surface area contributed by atoms with E-state index < -0.39 is 29.0 Å². The summed E-state index contributed by atoms with van der Waals surface area (Å²) in [6.07, 6.45) is 0.277.